The fourth-order valence-electron chi connectivity index (χ4n) is 1.06. The second kappa shape index (κ2) is 5.60. The van der Waals surface area contributed by atoms with E-state index in [1.807, 2.05) is 0 Å². The molecular weight excluding hydrogens is 192 g/mol. The summed E-state index contributed by atoms with van der Waals surface area (Å²) in [4.78, 5) is 10.9. The molecule has 0 fully saturated rings. The van der Waals surface area contributed by atoms with Crippen LogP contribution in [0.3, 0.4) is 0 Å². The molecule has 0 heterocycles. The highest BCUT2D eigenvalue weighted by molar-refractivity contribution is 6.78. The molecule has 0 aliphatic carbocycles. The molecule has 2 nitrogen and oxygen atoms in total. The van der Waals surface area contributed by atoms with Crippen LogP contribution in [0.5, 0.6) is 0 Å². The van der Waals surface area contributed by atoms with E-state index in [1.165, 1.54) is 6.08 Å². The molecule has 0 amide bonds. The molecule has 0 unspecified atom stereocenters. The van der Waals surface area contributed by atoms with E-state index in [0.29, 0.717) is 6.23 Å². The van der Waals surface area contributed by atoms with Gasteiger partial charge in [-0.15, -0.1) is 0 Å². The van der Waals surface area contributed by atoms with E-state index in [2.05, 4.69) is 32.8 Å². The first kappa shape index (κ1) is 12.9. The van der Waals surface area contributed by atoms with Crippen molar-refractivity contribution < 1.29 is 9.53 Å². The molecule has 0 aromatic heterocycles. The van der Waals surface area contributed by atoms with Crippen LogP contribution in [0.25, 0.3) is 0 Å². The highest BCUT2D eigenvalue weighted by atomic mass is 28.3. The Morgan fingerprint density at radius 2 is 1.93 bits per heavy atom. The number of esters is 1. The average Bonchev–Trinajstić information content (AvgIpc) is 2.13. The summed E-state index contributed by atoms with van der Waals surface area (Å²) in [6.07, 6.45) is 3.45. The Morgan fingerprint density at radius 3 is 2.36 bits per heavy atom. The number of carbonyl (C=O) groups excluding carboxylic acids is 1. The number of hydrogen-bond acceptors (Lipinski definition) is 2. The van der Waals surface area contributed by atoms with E-state index in [0.717, 1.165) is 11.6 Å². The molecule has 0 aromatic rings. The van der Waals surface area contributed by atoms with Gasteiger partial charge in [-0.05, 0) is 6.04 Å². The van der Waals surface area contributed by atoms with Gasteiger partial charge in [0, 0.05) is 6.08 Å². The van der Waals surface area contributed by atoms with Crippen molar-refractivity contribution in [1.82, 2.24) is 0 Å². The van der Waals surface area contributed by atoms with Gasteiger partial charge >= 0.3 is 5.97 Å². The zero-order valence-corrected chi connectivity index (χ0v) is 10.0. The van der Waals surface area contributed by atoms with Crippen LogP contribution in [0.2, 0.25) is 19.1 Å². The summed E-state index contributed by atoms with van der Waals surface area (Å²) in [5.41, 5.74) is 1.01. The minimum absolute atomic E-state index is 0.352. The Labute approximate surface area is 87.0 Å². The summed E-state index contributed by atoms with van der Waals surface area (Å²) < 4.78 is 5.03. The zero-order valence-electron chi connectivity index (χ0n) is 9.01. The number of carbonyl (C=O) groups is 1. The Hall–Kier alpha value is -1.09. The lowest BCUT2D eigenvalue weighted by Crippen LogP contribution is -2.33. The maximum Gasteiger partial charge on any atom is 0.329 e. The molecular formula is C11H18O2Si. The van der Waals surface area contributed by atoms with Gasteiger partial charge < -0.3 is 4.74 Å². The van der Waals surface area contributed by atoms with Crippen LogP contribution in [-0.4, -0.2) is 20.3 Å². The lowest BCUT2D eigenvalue weighted by Gasteiger charge is -2.21. The molecule has 0 bridgehead atoms. The lowest BCUT2D eigenvalue weighted by molar-refractivity contribution is -0.136. The third-order valence-electron chi connectivity index (χ3n) is 1.77. The topological polar surface area (TPSA) is 26.3 Å². The van der Waals surface area contributed by atoms with E-state index in [4.69, 9.17) is 4.74 Å². The Balaban J connectivity index is 4.06. The van der Waals surface area contributed by atoms with Crippen LogP contribution in [-0.2, 0) is 9.53 Å². The van der Waals surface area contributed by atoms with Crippen molar-refractivity contribution in [2.45, 2.75) is 19.1 Å². The fourth-order valence-corrected chi connectivity index (χ4v) is 3.07. The average molecular weight is 210 g/mol. The number of allylic oxidation sites excluding steroid dienone is 2. The van der Waals surface area contributed by atoms with Crippen LogP contribution < -0.4 is 0 Å². The molecule has 0 atom stereocenters. The summed E-state index contributed by atoms with van der Waals surface area (Å²) in [5, 5.41) is 0. The number of hydrogen-bond donors (Lipinski definition) is 0. The van der Waals surface area contributed by atoms with Crippen molar-refractivity contribution in [1.29, 1.82) is 0 Å². The molecule has 0 spiro atoms. The summed E-state index contributed by atoms with van der Waals surface area (Å²) in [6.45, 7) is 15.2. The van der Waals surface area contributed by atoms with Crippen LogP contribution in [0.4, 0.5) is 0 Å². The quantitative estimate of drug-likeness (QED) is 0.292. The SMILES string of the molecule is C=CC(=C)C[Si](C)(C)COC(=O)C=C. The van der Waals surface area contributed by atoms with Crippen molar-refractivity contribution in [2.24, 2.45) is 0 Å². The molecule has 0 radical (unpaired) electrons. The highest BCUT2D eigenvalue weighted by Crippen LogP contribution is 2.16. The fraction of sp³-hybridized carbons (Fsp3) is 0.364. The predicted molar refractivity (Wildman–Crippen MR) is 62.8 cm³/mol. The van der Waals surface area contributed by atoms with Crippen LogP contribution >= 0.6 is 0 Å². The van der Waals surface area contributed by atoms with Crippen molar-refractivity contribution in [2.75, 3.05) is 6.23 Å². The molecule has 0 aliphatic rings. The second-order valence-corrected chi connectivity index (χ2v) is 8.99. The monoisotopic (exact) mass is 210 g/mol. The molecule has 0 saturated carbocycles. The van der Waals surface area contributed by atoms with E-state index in [9.17, 15) is 4.79 Å². The van der Waals surface area contributed by atoms with E-state index < -0.39 is 8.07 Å². The first-order valence-electron chi connectivity index (χ1n) is 4.50. The van der Waals surface area contributed by atoms with E-state index in [-0.39, 0.29) is 5.97 Å². The van der Waals surface area contributed by atoms with Crippen LogP contribution in [0.1, 0.15) is 0 Å². The van der Waals surface area contributed by atoms with Crippen molar-refractivity contribution in [3.8, 4) is 0 Å². The molecule has 0 rings (SSSR count). The van der Waals surface area contributed by atoms with Crippen LogP contribution in [0.15, 0.2) is 37.5 Å². The third kappa shape index (κ3) is 5.53. The van der Waals surface area contributed by atoms with Gasteiger partial charge in [-0.2, -0.15) is 0 Å². The summed E-state index contributed by atoms with van der Waals surface area (Å²) in [5.74, 6) is -0.352. The van der Waals surface area contributed by atoms with Gasteiger partial charge in [0.2, 0.25) is 0 Å². The van der Waals surface area contributed by atoms with Gasteiger partial charge in [0.15, 0.2) is 0 Å². The standard InChI is InChI=1S/C11H18O2Si/c1-6-10(3)8-14(4,5)9-13-11(12)7-2/h6-7H,1-3,8-9H2,4-5H3. The van der Waals surface area contributed by atoms with Gasteiger partial charge in [0.1, 0.15) is 0 Å². The van der Waals surface area contributed by atoms with Crippen molar-refractivity contribution in [3.05, 3.63) is 37.5 Å². The van der Waals surface area contributed by atoms with Gasteiger partial charge in [0.05, 0.1) is 14.3 Å². The Bertz CT molecular complexity index is 254. The molecule has 3 heteroatoms. The van der Waals surface area contributed by atoms with Gasteiger partial charge in [0.25, 0.3) is 0 Å². The van der Waals surface area contributed by atoms with Gasteiger partial charge in [-0.1, -0.05) is 44.5 Å². The second-order valence-electron chi connectivity index (χ2n) is 4.02. The smallest absolute Gasteiger partial charge is 0.329 e. The van der Waals surface area contributed by atoms with E-state index >= 15 is 0 Å². The minimum atomic E-state index is -1.53. The largest absolute Gasteiger partial charge is 0.466 e. The molecule has 0 aromatic carbocycles. The van der Waals surface area contributed by atoms with Crippen molar-refractivity contribution in [3.63, 3.8) is 0 Å². The van der Waals surface area contributed by atoms with Crippen LogP contribution in [0, 0.1) is 0 Å². The van der Waals surface area contributed by atoms with Gasteiger partial charge in [-0.3, -0.25) is 0 Å². The molecule has 0 saturated heterocycles. The zero-order chi connectivity index (χ0) is 11.2. The maximum atomic E-state index is 10.9. The first-order chi connectivity index (χ1) is 6.41. The number of rotatable bonds is 6. The first-order valence-corrected chi connectivity index (χ1v) is 7.92. The molecule has 0 N–H and O–H groups in total. The normalized spacial score (nSPS) is 10.4. The summed E-state index contributed by atoms with van der Waals surface area (Å²) in [6, 6.07) is 0.904. The highest BCUT2D eigenvalue weighted by Gasteiger charge is 2.22. The van der Waals surface area contributed by atoms with E-state index in [1.54, 1.807) is 6.08 Å². The Morgan fingerprint density at radius 1 is 1.36 bits per heavy atom. The molecule has 78 valence electrons. The maximum absolute atomic E-state index is 10.9. The predicted octanol–water partition coefficient (Wildman–Crippen LogP) is 2.71. The molecule has 0 aliphatic heterocycles. The minimum Gasteiger partial charge on any atom is -0.466 e. The lowest BCUT2D eigenvalue weighted by atomic mass is 10.4. The molecule has 14 heavy (non-hydrogen) atoms. The number of ether oxygens (including phenoxy) is 1. The van der Waals surface area contributed by atoms with Crippen molar-refractivity contribution >= 4 is 14.0 Å². The third-order valence-corrected chi connectivity index (χ3v) is 4.10. The van der Waals surface area contributed by atoms with Gasteiger partial charge in [-0.25, -0.2) is 4.79 Å². The summed E-state index contributed by atoms with van der Waals surface area (Å²) in [7, 11) is -1.53. The Kier molecular flexibility index (Phi) is 5.16. The summed E-state index contributed by atoms with van der Waals surface area (Å²) >= 11 is 0.